The van der Waals surface area contributed by atoms with Crippen LogP contribution in [0.4, 0.5) is 0 Å². The third-order valence-electron chi connectivity index (χ3n) is 3.08. The number of nitrogens with zero attached hydrogens (tertiary/aromatic N) is 1. The Hall–Kier alpha value is -1.39. The zero-order valence-electron chi connectivity index (χ0n) is 11.4. The van der Waals surface area contributed by atoms with Gasteiger partial charge in [-0.1, -0.05) is 24.3 Å². The van der Waals surface area contributed by atoms with Gasteiger partial charge in [0.2, 0.25) is 5.91 Å². The Labute approximate surface area is 109 Å². The molecule has 3 N–H and O–H groups in total. The van der Waals surface area contributed by atoms with Gasteiger partial charge in [0.15, 0.2) is 0 Å². The van der Waals surface area contributed by atoms with E-state index in [0.717, 1.165) is 12.1 Å². The van der Waals surface area contributed by atoms with Crippen LogP contribution in [0.15, 0.2) is 24.3 Å². The van der Waals surface area contributed by atoms with Crippen molar-refractivity contribution in [3.63, 3.8) is 0 Å². The zero-order valence-corrected chi connectivity index (χ0v) is 11.4. The molecular formula is C14H23N3O. The number of nitrogens with one attached hydrogen (secondary N) is 1. The van der Waals surface area contributed by atoms with Gasteiger partial charge < -0.3 is 11.1 Å². The number of carbonyl (C=O) groups excluding carboxylic acids is 1. The van der Waals surface area contributed by atoms with Crippen molar-refractivity contribution in [1.29, 1.82) is 0 Å². The fraction of sp³-hybridized carbons (Fsp3) is 0.500. The van der Waals surface area contributed by atoms with E-state index in [1.165, 1.54) is 5.56 Å². The summed E-state index contributed by atoms with van der Waals surface area (Å²) in [5, 5.41) is 2.81. The molecule has 1 aromatic carbocycles. The van der Waals surface area contributed by atoms with Crippen molar-refractivity contribution in [1.82, 2.24) is 10.2 Å². The second-order valence-corrected chi connectivity index (χ2v) is 4.76. The third-order valence-corrected chi connectivity index (χ3v) is 3.08. The Balaban J connectivity index is 2.70. The molecule has 0 aliphatic heterocycles. The van der Waals surface area contributed by atoms with E-state index >= 15 is 0 Å². The highest BCUT2D eigenvalue weighted by atomic mass is 16.1. The lowest BCUT2D eigenvalue weighted by atomic mass is 10.1. The summed E-state index contributed by atoms with van der Waals surface area (Å²) >= 11 is 0. The Kier molecular flexibility index (Phi) is 5.82. The minimum Gasteiger partial charge on any atom is -0.351 e. The highest BCUT2D eigenvalue weighted by Crippen LogP contribution is 2.12. The van der Waals surface area contributed by atoms with Crippen molar-refractivity contribution in [3.8, 4) is 0 Å². The van der Waals surface area contributed by atoms with Crippen molar-refractivity contribution < 1.29 is 4.79 Å². The molecule has 0 aliphatic rings. The Bertz CT molecular complexity index is 390. The second-order valence-electron chi connectivity index (χ2n) is 4.76. The van der Waals surface area contributed by atoms with Gasteiger partial charge in [-0.2, -0.15) is 0 Å². The topological polar surface area (TPSA) is 58.4 Å². The lowest BCUT2D eigenvalue weighted by Gasteiger charge is -2.22. The van der Waals surface area contributed by atoms with Gasteiger partial charge in [0.25, 0.3) is 0 Å². The molecule has 0 saturated carbocycles. The van der Waals surface area contributed by atoms with Crippen LogP contribution in [0.25, 0.3) is 0 Å². The van der Waals surface area contributed by atoms with Crippen molar-refractivity contribution in [2.75, 3.05) is 13.6 Å². The zero-order chi connectivity index (χ0) is 13.5. The predicted molar refractivity (Wildman–Crippen MR) is 73.9 cm³/mol. The normalized spacial score (nSPS) is 11.0. The van der Waals surface area contributed by atoms with E-state index in [1.54, 1.807) is 0 Å². The standard InChI is InChI=1S/C14H23N3O/c1-11(2)17(3)10-13-7-5-4-6-12(13)9-16-14(18)8-15/h4-7,11H,8-10,15H2,1-3H3,(H,16,18). The van der Waals surface area contributed by atoms with Crippen LogP contribution in [0.3, 0.4) is 0 Å². The van der Waals surface area contributed by atoms with Gasteiger partial charge in [-0.15, -0.1) is 0 Å². The molecular weight excluding hydrogens is 226 g/mol. The van der Waals surface area contributed by atoms with Crippen LogP contribution in [-0.4, -0.2) is 30.4 Å². The fourth-order valence-electron chi connectivity index (χ4n) is 1.60. The van der Waals surface area contributed by atoms with Crippen LogP contribution in [0.1, 0.15) is 25.0 Å². The van der Waals surface area contributed by atoms with Crippen LogP contribution >= 0.6 is 0 Å². The van der Waals surface area contributed by atoms with E-state index < -0.39 is 0 Å². The van der Waals surface area contributed by atoms with Gasteiger partial charge >= 0.3 is 0 Å². The summed E-state index contributed by atoms with van der Waals surface area (Å²) in [6, 6.07) is 8.65. The minimum atomic E-state index is -0.123. The van der Waals surface area contributed by atoms with Crippen LogP contribution < -0.4 is 11.1 Å². The highest BCUT2D eigenvalue weighted by Gasteiger charge is 2.08. The average Bonchev–Trinajstić information content (AvgIpc) is 2.37. The van der Waals surface area contributed by atoms with Crippen LogP contribution in [0.2, 0.25) is 0 Å². The van der Waals surface area contributed by atoms with E-state index in [-0.39, 0.29) is 12.5 Å². The number of carbonyl (C=O) groups is 1. The summed E-state index contributed by atoms with van der Waals surface area (Å²) in [5.74, 6) is -0.123. The quantitative estimate of drug-likeness (QED) is 0.794. The van der Waals surface area contributed by atoms with Crippen LogP contribution in [0, 0.1) is 0 Å². The van der Waals surface area contributed by atoms with Gasteiger partial charge in [0.05, 0.1) is 6.54 Å². The molecule has 1 rings (SSSR count). The SMILES string of the molecule is CC(C)N(C)Cc1ccccc1CNC(=O)CN. The third kappa shape index (κ3) is 4.47. The van der Waals surface area contributed by atoms with Gasteiger partial charge in [-0.05, 0) is 32.0 Å². The number of nitrogens with two attached hydrogens (primary N) is 1. The molecule has 0 saturated heterocycles. The summed E-state index contributed by atoms with van der Waals surface area (Å²) in [6.07, 6.45) is 0. The van der Waals surface area contributed by atoms with Crippen molar-refractivity contribution in [2.45, 2.75) is 33.0 Å². The molecule has 0 unspecified atom stereocenters. The largest absolute Gasteiger partial charge is 0.351 e. The molecule has 0 heterocycles. The maximum absolute atomic E-state index is 11.2. The maximum Gasteiger partial charge on any atom is 0.234 e. The molecule has 0 spiro atoms. The summed E-state index contributed by atoms with van der Waals surface area (Å²) in [4.78, 5) is 13.4. The monoisotopic (exact) mass is 249 g/mol. The first-order valence-corrected chi connectivity index (χ1v) is 6.28. The van der Waals surface area contributed by atoms with E-state index in [0.29, 0.717) is 12.6 Å². The van der Waals surface area contributed by atoms with Gasteiger partial charge in [-0.25, -0.2) is 0 Å². The Morgan fingerprint density at radius 2 is 1.94 bits per heavy atom. The smallest absolute Gasteiger partial charge is 0.234 e. The number of rotatable bonds is 6. The van der Waals surface area contributed by atoms with E-state index in [2.05, 4.69) is 37.2 Å². The molecule has 1 aromatic rings. The van der Waals surface area contributed by atoms with Crippen molar-refractivity contribution in [3.05, 3.63) is 35.4 Å². The fourth-order valence-corrected chi connectivity index (χ4v) is 1.60. The maximum atomic E-state index is 11.2. The molecule has 0 aliphatic carbocycles. The van der Waals surface area contributed by atoms with Crippen LogP contribution in [0.5, 0.6) is 0 Å². The minimum absolute atomic E-state index is 0.0358. The molecule has 4 nitrogen and oxygen atoms in total. The van der Waals surface area contributed by atoms with Gasteiger partial charge in [-0.3, -0.25) is 9.69 Å². The average molecular weight is 249 g/mol. The van der Waals surface area contributed by atoms with Crippen LogP contribution in [-0.2, 0) is 17.9 Å². The van der Waals surface area contributed by atoms with Crippen molar-refractivity contribution in [2.24, 2.45) is 5.73 Å². The lowest BCUT2D eigenvalue weighted by Crippen LogP contribution is -2.31. The number of benzene rings is 1. The molecule has 0 bridgehead atoms. The summed E-state index contributed by atoms with van der Waals surface area (Å²) < 4.78 is 0. The Morgan fingerprint density at radius 1 is 1.33 bits per heavy atom. The molecule has 0 aromatic heterocycles. The van der Waals surface area contributed by atoms with E-state index in [9.17, 15) is 4.79 Å². The van der Waals surface area contributed by atoms with Crippen molar-refractivity contribution >= 4 is 5.91 Å². The first kappa shape index (κ1) is 14.7. The molecule has 4 heteroatoms. The first-order valence-electron chi connectivity index (χ1n) is 6.28. The Morgan fingerprint density at radius 3 is 2.50 bits per heavy atom. The number of hydrogen-bond acceptors (Lipinski definition) is 3. The highest BCUT2D eigenvalue weighted by molar-refractivity contribution is 5.77. The lowest BCUT2D eigenvalue weighted by molar-refractivity contribution is -0.119. The van der Waals surface area contributed by atoms with E-state index in [1.807, 2.05) is 18.2 Å². The molecule has 100 valence electrons. The second kappa shape index (κ2) is 7.13. The summed E-state index contributed by atoms with van der Waals surface area (Å²) in [6.45, 7) is 5.79. The summed E-state index contributed by atoms with van der Waals surface area (Å²) in [5.41, 5.74) is 7.66. The van der Waals surface area contributed by atoms with E-state index in [4.69, 9.17) is 5.73 Å². The molecule has 18 heavy (non-hydrogen) atoms. The summed E-state index contributed by atoms with van der Waals surface area (Å²) in [7, 11) is 2.10. The number of amides is 1. The predicted octanol–water partition coefficient (Wildman–Crippen LogP) is 1.10. The van der Waals surface area contributed by atoms with Gasteiger partial charge in [0.1, 0.15) is 0 Å². The molecule has 0 radical (unpaired) electrons. The molecule has 1 amide bonds. The molecule has 0 fully saturated rings. The van der Waals surface area contributed by atoms with Gasteiger partial charge in [0, 0.05) is 19.1 Å². The first-order chi connectivity index (χ1) is 8.54. The molecule has 0 atom stereocenters. The number of hydrogen-bond donors (Lipinski definition) is 2.